The summed E-state index contributed by atoms with van der Waals surface area (Å²) in [4.78, 5) is 14.5. The van der Waals surface area contributed by atoms with Crippen molar-refractivity contribution in [3.63, 3.8) is 0 Å². The van der Waals surface area contributed by atoms with Gasteiger partial charge in [0.15, 0.2) is 0 Å². The van der Waals surface area contributed by atoms with Gasteiger partial charge in [-0.25, -0.2) is 0 Å². The molecule has 0 atom stereocenters. The molecule has 20 heavy (non-hydrogen) atoms. The van der Waals surface area contributed by atoms with E-state index in [1.807, 2.05) is 24.3 Å². The van der Waals surface area contributed by atoms with Gasteiger partial charge in [-0.2, -0.15) is 0 Å². The molecular weight excluding hydrogens is 250 g/mol. The van der Waals surface area contributed by atoms with Crippen molar-refractivity contribution < 1.29 is 4.79 Å². The summed E-state index contributed by atoms with van der Waals surface area (Å²) in [5, 5.41) is 3.14. The van der Waals surface area contributed by atoms with Gasteiger partial charge in [-0.05, 0) is 37.0 Å². The van der Waals surface area contributed by atoms with Gasteiger partial charge in [-0.3, -0.25) is 4.79 Å². The first-order chi connectivity index (χ1) is 9.72. The molecule has 0 aromatic heterocycles. The molecule has 0 saturated carbocycles. The SMILES string of the molecule is CCc1ccc(C(=O)NC2CCN(CCN)CC2)cc1. The highest BCUT2D eigenvalue weighted by molar-refractivity contribution is 5.94. The Hall–Kier alpha value is -1.39. The fourth-order valence-corrected chi connectivity index (χ4v) is 2.64. The Balaban J connectivity index is 1.82. The van der Waals surface area contributed by atoms with Crippen LogP contribution in [-0.4, -0.2) is 43.0 Å². The van der Waals surface area contributed by atoms with Crippen molar-refractivity contribution in [2.24, 2.45) is 5.73 Å². The molecule has 4 nitrogen and oxygen atoms in total. The Morgan fingerprint density at radius 3 is 2.50 bits per heavy atom. The Morgan fingerprint density at radius 1 is 1.30 bits per heavy atom. The average Bonchev–Trinajstić information content (AvgIpc) is 2.49. The first kappa shape index (κ1) is 15.0. The lowest BCUT2D eigenvalue weighted by atomic mass is 10.0. The van der Waals surface area contributed by atoms with Gasteiger partial charge in [0.05, 0.1) is 0 Å². The Kier molecular flexibility index (Phi) is 5.56. The number of aryl methyl sites for hydroxylation is 1. The van der Waals surface area contributed by atoms with Crippen LogP contribution < -0.4 is 11.1 Å². The molecular formula is C16H25N3O. The van der Waals surface area contributed by atoms with E-state index in [1.54, 1.807) is 0 Å². The normalized spacial score (nSPS) is 17.1. The van der Waals surface area contributed by atoms with Gasteiger partial charge in [0.25, 0.3) is 5.91 Å². The second kappa shape index (κ2) is 7.41. The molecule has 0 bridgehead atoms. The fraction of sp³-hybridized carbons (Fsp3) is 0.562. The van der Waals surface area contributed by atoms with Crippen LogP contribution in [-0.2, 0) is 6.42 Å². The van der Waals surface area contributed by atoms with Crippen LogP contribution in [0.3, 0.4) is 0 Å². The third kappa shape index (κ3) is 4.05. The first-order valence-corrected chi connectivity index (χ1v) is 7.55. The highest BCUT2D eigenvalue weighted by Crippen LogP contribution is 2.11. The topological polar surface area (TPSA) is 58.4 Å². The molecule has 3 N–H and O–H groups in total. The van der Waals surface area contributed by atoms with Crippen molar-refractivity contribution in [3.8, 4) is 0 Å². The molecule has 1 aliphatic rings. The van der Waals surface area contributed by atoms with E-state index in [1.165, 1.54) is 5.56 Å². The molecule has 1 aliphatic heterocycles. The number of piperidine rings is 1. The number of amides is 1. The maximum absolute atomic E-state index is 12.2. The highest BCUT2D eigenvalue weighted by atomic mass is 16.1. The zero-order chi connectivity index (χ0) is 14.4. The van der Waals surface area contributed by atoms with E-state index in [0.717, 1.165) is 44.5 Å². The van der Waals surface area contributed by atoms with E-state index in [0.29, 0.717) is 12.6 Å². The number of benzene rings is 1. The molecule has 1 amide bonds. The number of carbonyl (C=O) groups is 1. The van der Waals surface area contributed by atoms with Gasteiger partial charge in [0.1, 0.15) is 0 Å². The van der Waals surface area contributed by atoms with Crippen molar-refractivity contribution in [3.05, 3.63) is 35.4 Å². The summed E-state index contributed by atoms with van der Waals surface area (Å²) in [7, 11) is 0. The molecule has 1 aromatic rings. The van der Waals surface area contributed by atoms with Gasteiger partial charge in [0, 0.05) is 37.8 Å². The number of hydrogen-bond acceptors (Lipinski definition) is 3. The van der Waals surface area contributed by atoms with Crippen molar-refractivity contribution >= 4 is 5.91 Å². The first-order valence-electron chi connectivity index (χ1n) is 7.55. The van der Waals surface area contributed by atoms with Crippen molar-refractivity contribution in [1.82, 2.24) is 10.2 Å². The van der Waals surface area contributed by atoms with E-state index in [2.05, 4.69) is 17.1 Å². The molecule has 2 rings (SSSR count). The van der Waals surface area contributed by atoms with Crippen LogP contribution in [0.25, 0.3) is 0 Å². The summed E-state index contributed by atoms with van der Waals surface area (Å²) in [6.45, 7) is 5.83. The molecule has 1 saturated heterocycles. The van der Waals surface area contributed by atoms with E-state index in [9.17, 15) is 4.79 Å². The third-order valence-corrected chi connectivity index (χ3v) is 3.99. The van der Waals surface area contributed by atoms with E-state index < -0.39 is 0 Å². The number of nitrogens with one attached hydrogen (secondary N) is 1. The minimum absolute atomic E-state index is 0.0462. The number of likely N-dealkylation sites (tertiary alicyclic amines) is 1. The standard InChI is InChI=1S/C16H25N3O/c1-2-13-3-5-14(6-4-13)16(20)18-15-7-10-19(11-8-15)12-9-17/h3-6,15H,2,7-12,17H2,1H3,(H,18,20). The summed E-state index contributed by atoms with van der Waals surface area (Å²) in [5.74, 6) is 0.0462. The predicted molar refractivity (Wildman–Crippen MR) is 81.8 cm³/mol. The summed E-state index contributed by atoms with van der Waals surface area (Å²) < 4.78 is 0. The van der Waals surface area contributed by atoms with Gasteiger partial charge >= 0.3 is 0 Å². The number of hydrogen-bond donors (Lipinski definition) is 2. The minimum atomic E-state index is 0.0462. The van der Waals surface area contributed by atoms with E-state index in [-0.39, 0.29) is 5.91 Å². The largest absolute Gasteiger partial charge is 0.349 e. The van der Waals surface area contributed by atoms with Gasteiger partial charge in [-0.1, -0.05) is 19.1 Å². The summed E-state index contributed by atoms with van der Waals surface area (Å²) in [6.07, 6.45) is 3.03. The average molecular weight is 275 g/mol. The van der Waals surface area contributed by atoms with Crippen molar-refractivity contribution in [1.29, 1.82) is 0 Å². The summed E-state index contributed by atoms with van der Waals surface area (Å²) in [5.41, 5.74) is 7.58. The lowest BCUT2D eigenvalue weighted by molar-refractivity contribution is 0.0912. The van der Waals surface area contributed by atoms with Crippen LogP contribution >= 0.6 is 0 Å². The smallest absolute Gasteiger partial charge is 0.251 e. The Bertz CT molecular complexity index is 422. The van der Waals surface area contributed by atoms with Crippen molar-refractivity contribution in [2.75, 3.05) is 26.2 Å². The van der Waals surface area contributed by atoms with Crippen LogP contribution in [0.5, 0.6) is 0 Å². The number of carbonyl (C=O) groups excluding carboxylic acids is 1. The molecule has 0 spiro atoms. The van der Waals surface area contributed by atoms with Crippen LogP contribution in [0.15, 0.2) is 24.3 Å². The second-order valence-corrected chi connectivity index (χ2v) is 5.43. The number of rotatable bonds is 5. The molecule has 0 radical (unpaired) electrons. The summed E-state index contributed by atoms with van der Waals surface area (Å²) in [6, 6.07) is 8.18. The molecule has 4 heteroatoms. The van der Waals surface area contributed by atoms with Crippen molar-refractivity contribution in [2.45, 2.75) is 32.2 Å². The van der Waals surface area contributed by atoms with E-state index >= 15 is 0 Å². The zero-order valence-electron chi connectivity index (χ0n) is 12.3. The maximum atomic E-state index is 12.2. The van der Waals surface area contributed by atoms with Gasteiger partial charge in [0.2, 0.25) is 0 Å². The monoisotopic (exact) mass is 275 g/mol. The van der Waals surface area contributed by atoms with Crippen LogP contribution in [0.4, 0.5) is 0 Å². The second-order valence-electron chi connectivity index (χ2n) is 5.43. The molecule has 0 unspecified atom stereocenters. The molecule has 1 aromatic carbocycles. The predicted octanol–water partition coefficient (Wildman–Crippen LogP) is 1.40. The summed E-state index contributed by atoms with van der Waals surface area (Å²) >= 11 is 0. The molecule has 1 heterocycles. The molecule has 1 fully saturated rings. The molecule has 110 valence electrons. The lowest BCUT2D eigenvalue weighted by Gasteiger charge is -2.32. The number of nitrogens with two attached hydrogens (primary N) is 1. The Labute approximate surface area is 121 Å². The quantitative estimate of drug-likeness (QED) is 0.854. The van der Waals surface area contributed by atoms with Gasteiger partial charge in [-0.15, -0.1) is 0 Å². The minimum Gasteiger partial charge on any atom is -0.349 e. The lowest BCUT2D eigenvalue weighted by Crippen LogP contribution is -2.45. The van der Waals surface area contributed by atoms with Crippen LogP contribution in [0, 0.1) is 0 Å². The third-order valence-electron chi connectivity index (χ3n) is 3.99. The van der Waals surface area contributed by atoms with E-state index in [4.69, 9.17) is 5.73 Å². The molecule has 0 aliphatic carbocycles. The highest BCUT2D eigenvalue weighted by Gasteiger charge is 2.20. The fourth-order valence-electron chi connectivity index (χ4n) is 2.64. The maximum Gasteiger partial charge on any atom is 0.251 e. The van der Waals surface area contributed by atoms with Gasteiger partial charge < -0.3 is 16.0 Å². The van der Waals surface area contributed by atoms with Crippen LogP contribution in [0.2, 0.25) is 0 Å². The van der Waals surface area contributed by atoms with Crippen LogP contribution in [0.1, 0.15) is 35.7 Å². The zero-order valence-corrected chi connectivity index (χ0v) is 12.3. The Morgan fingerprint density at radius 2 is 1.95 bits per heavy atom. The number of nitrogens with zero attached hydrogens (tertiary/aromatic N) is 1.